The first-order valence-corrected chi connectivity index (χ1v) is 3.82. The van der Waals surface area contributed by atoms with E-state index in [1.807, 2.05) is 51.1 Å². The highest BCUT2D eigenvalue weighted by atomic mass is 16.5. The van der Waals surface area contributed by atoms with E-state index in [-0.39, 0.29) is 11.8 Å². The molecule has 2 heteroatoms. The average molecular weight is 167 g/mol. The van der Waals surface area contributed by atoms with Crippen molar-refractivity contribution in [2.75, 3.05) is 0 Å². The molecule has 0 aromatic heterocycles. The van der Waals surface area contributed by atoms with Gasteiger partial charge < -0.3 is 10.9 Å². The van der Waals surface area contributed by atoms with Gasteiger partial charge in [0.15, 0.2) is 0 Å². The highest BCUT2D eigenvalue weighted by Crippen LogP contribution is 2.16. The Kier molecular flexibility index (Phi) is 3.77. The van der Waals surface area contributed by atoms with E-state index >= 15 is 0 Å². The summed E-state index contributed by atoms with van der Waals surface area (Å²) in [5.74, 6) is 0.931. The quantitative estimate of drug-likeness (QED) is 0.698. The lowest BCUT2D eigenvalue weighted by Gasteiger charge is -2.20. The van der Waals surface area contributed by atoms with Crippen molar-refractivity contribution in [1.82, 2.24) is 6.15 Å². The van der Waals surface area contributed by atoms with Crippen molar-refractivity contribution in [1.29, 1.82) is 0 Å². The van der Waals surface area contributed by atoms with Crippen LogP contribution in [0, 0.1) is 0 Å². The Hall–Kier alpha value is -1.02. The first-order valence-electron chi connectivity index (χ1n) is 3.82. The molecule has 12 heavy (non-hydrogen) atoms. The molecule has 0 atom stereocenters. The average Bonchev–Trinajstić information content (AvgIpc) is 1.85. The van der Waals surface area contributed by atoms with E-state index in [1.54, 1.807) is 0 Å². The lowest BCUT2D eigenvalue weighted by atomic mass is 10.2. The summed E-state index contributed by atoms with van der Waals surface area (Å²) in [7, 11) is 0. The number of rotatable bonds is 1. The zero-order valence-corrected chi connectivity index (χ0v) is 8.00. The fourth-order valence-corrected chi connectivity index (χ4v) is 0.842. The fraction of sp³-hybridized carbons (Fsp3) is 0.400. The van der Waals surface area contributed by atoms with Gasteiger partial charge >= 0.3 is 0 Å². The van der Waals surface area contributed by atoms with Crippen molar-refractivity contribution in [2.24, 2.45) is 0 Å². The molecule has 0 saturated heterocycles. The normalized spacial score (nSPS) is 10.2. The maximum absolute atomic E-state index is 5.60. The van der Waals surface area contributed by atoms with E-state index in [9.17, 15) is 0 Å². The molecule has 1 aromatic carbocycles. The second-order valence-corrected chi connectivity index (χ2v) is 3.53. The van der Waals surface area contributed by atoms with Crippen LogP contribution in [0.3, 0.4) is 0 Å². The van der Waals surface area contributed by atoms with Gasteiger partial charge in [-0.25, -0.2) is 0 Å². The van der Waals surface area contributed by atoms with E-state index in [2.05, 4.69) is 0 Å². The Morgan fingerprint density at radius 1 is 1.00 bits per heavy atom. The summed E-state index contributed by atoms with van der Waals surface area (Å²) in [6, 6.07) is 9.86. The van der Waals surface area contributed by atoms with Crippen LogP contribution < -0.4 is 10.9 Å². The monoisotopic (exact) mass is 167 g/mol. The van der Waals surface area contributed by atoms with Gasteiger partial charge in [0, 0.05) is 0 Å². The van der Waals surface area contributed by atoms with E-state index in [1.165, 1.54) is 0 Å². The van der Waals surface area contributed by atoms with Gasteiger partial charge in [-0.3, -0.25) is 0 Å². The highest BCUT2D eigenvalue weighted by Gasteiger charge is 2.10. The van der Waals surface area contributed by atoms with E-state index in [0.717, 1.165) is 5.75 Å². The van der Waals surface area contributed by atoms with Crippen LogP contribution in [0.2, 0.25) is 0 Å². The van der Waals surface area contributed by atoms with Crippen LogP contribution in [-0.4, -0.2) is 5.60 Å². The molecule has 3 N–H and O–H groups in total. The minimum absolute atomic E-state index is 0. The first kappa shape index (κ1) is 11.0. The SMILES string of the molecule is CC(C)(C)Oc1ccccc1.N. The van der Waals surface area contributed by atoms with Crippen molar-refractivity contribution in [3.05, 3.63) is 30.3 Å². The van der Waals surface area contributed by atoms with Gasteiger partial charge in [0.2, 0.25) is 0 Å². The summed E-state index contributed by atoms with van der Waals surface area (Å²) < 4.78 is 5.60. The van der Waals surface area contributed by atoms with Crippen molar-refractivity contribution >= 4 is 0 Å². The molecule has 2 nitrogen and oxygen atoms in total. The van der Waals surface area contributed by atoms with Crippen LogP contribution >= 0.6 is 0 Å². The summed E-state index contributed by atoms with van der Waals surface area (Å²) in [6.07, 6.45) is 0. The summed E-state index contributed by atoms with van der Waals surface area (Å²) in [5.41, 5.74) is -0.0959. The molecule has 0 unspecified atom stereocenters. The molecule has 1 aromatic rings. The largest absolute Gasteiger partial charge is 0.488 e. The molecule has 0 aliphatic rings. The number of benzene rings is 1. The van der Waals surface area contributed by atoms with E-state index in [0.29, 0.717) is 0 Å². The minimum atomic E-state index is -0.0959. The molecule has 0 aliphatic heterocycles. The first-order chi connectivity index (χ1) is 5.08. The zero-order chi connectivity index (χ0) is 8.32. The maximum atomic E-state index is 5.60. The molecule has 0 bridgehead atoms. The number of hydrogen-bond donors (Lipinski definition) is 1. The zero-order valence-electron chi connectivity index (χ0n) is 8.00. The standard InChI is InChI=1S/C10H14O.H3N/c1-10(2,3)11-9-7-5-4-6-8-9;/h4-8H,1-3H3;1H3. The van der Waals surface area contributed by atoms with Gasteiger partial charge in [0.1, 0.15) is 11.4 Å². The fourth-order valence-electron chi connectivity index (χ4n) is 0.842. The Morgan fingerprint density at radius 2 is 1.50 bits per heavy atom. The second-order valence-electron chi connectivity index (χ2n) is 3.53. The molecule has 0 aliphatic carbocycles. The Bertz CT molecular complexity index is 213. The minimum Gasteiger partial charge on any atom is -0.488 e. The smallest absolute Gasteiger partial charge is 0.120 e. The van der Waals surface area contributed by atoms with Crippen LogP contribution in [-0.2, 0) is 0 Å². The number of ether oxygens (including phenoxy) is 1. The maximum Gasteiger partial charge on any atom is 0.120 e. The summed E-state index contributed by atoms with van der Waals surface area (Å²) in [6.45, 7) is 6.12. The number of hydrogen-bond acceptors (Lipinski definition) is 2. The second kappa shape index (κ2) is 4.12. The van der Waals surface area contributed by atoms with Crippen molar-refractivity contribution in [3.63, 3.8) is 0 Å². The summed E-state index contributed by atoms with van der Waals surface area (Å²) in [4.78, 5) is 0. The molecular formula is C10H17NO. The van der Waals surface area contributed by atoms with Crippen LogP contribution in [0.4, 0.5) is 0 Å². The topological polar surface area (TPSA) is 44.2 Å². The molecule has 0 amide bonds. The predicted octanol–water partition coefficient (Wildman–Crippen LogP) is 3.03. The van der Waals surface area contributed by atoms with Crippen molar-refractivity contribution in [3.8, 4) is 5.75 Å². The molecule has 0 fully saturated rings. The van der Waals surface area contributed by atoms with Crippen LogP contribution in [0.15, 0.2) is 30.3 Å². The summed E-state index contributed by atoms with van der Waals surface area (Å²) >= 11 is 0. The molecule has 0 spiro atoms. The van der Waals surface area contributed by atoms with Gasteiger partial charge in [-0.2, -0.15) is 0 Å². The molecule has 68 valence electrons. The van der Waals surface area contributed by atoms with Crippen molar-refractivity contribution < 1.29 is 4.74 Å². The van der Waals surface area contributed by atoms with Crippen LogP contribution in [0.1, 0.15) is 20.8 Å². The third-order valence-corrected chi connectivity index (χ3v) is 1.17. The van der Waals surface area contributed by atoms with Gasteiger partial charge in [-0.15, -0.1) is 0 Å². The molecule has 1 rings (SSSR count). The van der Waals surface area contributed by atoms with Gasteiger partial charge in [-0.1, -0.05) is 18.2 Å². The van der Waals surface area contributed by atoms with E-state index < -0.39 is 0 Å². The van der Waals surface area contributed by atoms with Crippen molar-refractivity contribution in [2.45, 2.75) is 26.4 Å². The highest BCUT2D eigenvalue weighted by molar-refractivity contribution is 5.21. The van der Waals surface area contributed by atoms with E-state index in [4.69, 9.17) is 4.74 Å². The third kappa shape index (κ3) is 3.98. The molecule has 0 saturated carbocycles. The Labute approximate surface area is 74.1 Å². The predicted molar refractivity (Wildman–Crippen MR) is 51.8 cm³/mol. The van der Waals surface area contributed by atoms with Gasteiger partial charge in [0.05, 0.1) is 0 Å². The Morgan fingerprint density at radius 3 is 1.92 bits per heavy atom. The number of para-hydroxylation sites is 1. The Balaban J connectivity index is 0.00000121. The molecule has 0 radical (unpaired) electrons. The molecular weight excluding hydrogens is 150 g/mol. The van der Waals surface area contributed by atoms with Gasteiger partial charge in [0.25, 0.3) is 0 Å². The lowest BCUT2D eigenvalue weighted by Crippen LogP contribution is -2.22. The third-order valence-electron chi connectivity index (χ3n) is 1.17. The lowest BCUT2D eigenvalue weighted by molar-refractivity contribution is 0.131. The molecule has 0 heterocycles. The van der Waals surface area contributed by atoms with Gasteiger partial charge in [-0.05, 0) is 32.9 Å². The van der Waals surface area contributed by atoms with Crippen LogP contribution in [0.25, 0.3) is 0 Å². The summed E-state index contributed by atoms with van der Waals surface area (Å²) in [5, 5.41) is 0. The van der Waals surface area contributed by atoms with Crippen LogP contribution in [0.5, 0.6) is 5.75 Å².